The number of amides is 1. The van der Waals surface area contributed by atoms with Crippen LogP contribution in [-0.4, -0.2) is 42.1 Å². The van der Waals surface area contributed by atoms with Gasteiger partial charge in [0.2, 0.25) is 0 Å². The van der Waals surface area contributed by atoms with Gasteiger partial charge in [-0.05, 0) is 36.4 Å². The third-order valence-electron chi connectivity index (χ3n) is 4.10. The van der Waals surface area contributed by atoms with E-state index in [4.69, 9.17) is 9.15 Å². The van der Waals surface area contributed by atoms with Crippen LogP contribution in [0.3, 0.4) is 0 Å². The van der Waals surface area contributed by atoms with Gasteiger partial charge in [-0.3, -0.25) is 9.78 Å². The number of pyridine rings is 1. The molecule has 2 aromatic heterocycles. The first-order chi connectivity index (χ1) is 11.7. The molecule has 4 rings (SSSR count). The van der Waals surface area contributed by atoms with Crippen molar-refractivity contribution in [2.24, 2.45) is 0 Å². The first-order valence-corrected chi connectivity index (χ1v) is 7.74. The van der Waals surface area contributed by atoms with Crippen molar-refractivity contribution in [3.05, 3.63) is 54.2 Å². The number of ether oxygens (including phenoxy) is 1. The summed E-state index contributed by atoms with van der Waals surface area (Å²) in [4.78, 5) is 18.4. The number of morpholine rings is 1. The van der Waals surface area contributed by atoms with E-state index >= 15 is 0 Å². The third-order valence-corrected chi connectivity index (χ3v) is 4.10. The van der Waals surface area contributed by atoms with Gasteiger partial charge in [-0.1, -0.05) is 0 Å². The predicted octanol–water partition coefficient (Wildman–Crippen LogP) is 3.11. The molecule has 24 heavy (non-hydrogen) atoms. The molecule has 1 aliphatic rings. The van der Waals surface area contributed by atoms with Crippen LogP contribution in [-0.2, 0) is 4.74 Å². The molecule has 0 N–H and O–H groups in total. The van der Waals surface area contributed by atoms with Gasteiger partial charge >= 0.3 is 0 Å². The molecule has 0 spiro atoms. The largest absolute Gasteiger partial charge is 0.451 e. The first kappa shape index (κ1) is 14.8. The van der Waals surface area contributed by atoms with Crippen LogP contribution < -0.4 is 0 Å². The molecule has 1 fully saturated rings. The molecule has 3 heterocycles. The number of aromatic nitrogens is 1. The molecule has 1 saturated heterocycles. The van der Waals surface area contributed by atoms with E-state index in [1.54, 1.807) is 41.4 Å². The predicted molar refractivity (Wildman–Crippen MR) is 86.1 cm³/mol. The maximum Gasteiger partial charge on any atom is 0.289 e. The van der Waals surface area contributed by atoms with Crippen LogP contribution in [0.2, 0.25) is 0 Å². The lowest BCUT2D eigenvalue weighted by molar-refractivity contribution is 0.0283. The summed E-state index contributed by atoms with van der Waals surface area (Å²) in [5, 5.41) is 0.424. The molecule has 5 nitrogen and oxygen atoms in total. The molecule has 0 bridgehead atoms. The van der Waals surface area contributed by atoms with Crippen molar-refractivity contribution in [1.82, 2.24) is 9.88 Å². The smallest absolute Gasteiger partial charge is 0.289 e. The minimum atomic E-state index is -0.335. The number of halogens is 1. The molecule has 1 amide bonds. The van der Waals surface area contributed by atoms with Crippen LogP contribution in [0.15, 0.2) is 47.0 Å². The summed E-state index contributed by atoms with van der Waals surface area (Å²) in [6.45, 7) is 2.17. The van der Waals surface area contributed by atoms with E-state index in [2.05, 4.69) is 4.98 Å². The van der Waals surface area contributed by atoms with Crippen LogP contribution >= 0.6 is 0 Å². The second-order valence-electron chi connectivity index (χ2n) is 5.56. The zero-order chi connectivity index (χ0) is 16.5. The van der Waals surface area contributed by atoms with E-state index in [-0.39, 0.29) is 17.5 Å². The Balaban J connectivity index is 1.70. The monoisotopic (exact) mass is 326 g/mol. The number of hydrogen-bond acceptors (Lipinski definition) is 4. The molecule has 6 heteroatoms. The SMILES string of the molecule is O=C(c1ccc(-c2ccc(F)c3cccnc23)o1)N1CCOCC1. The number of carbonyl (C=O) groups excluding carboxylic acids is 1. The van der Waals surface area contributed by atoms with Gasteiger partial charge in [0.15, 0.2) is 5.76 Å². The Kier molecular flexibility index (Phi) is 3.74. The van der Waals surface area contributed by atoms with Crippen molar-refractivity contribution >= 4 is 16.8 Å². The molecule has 0 unspecified atom stereocenters. The van der Waals surface area contributed by atoms with Crippen molar-refractivity contribution in [2.45, 2.75) is 0 Å². The minimum absolute atomic E-state index is 0.163. The fraction of sp³-hybridized carbons (Fsp3) is 0.222. The maximum atomic E-state index is 13.9. The summed E-state index contributed by atoms with van der Waals surface area (Å²) in [6, 6.07) is 9.72. The second kappa shape index (κ2) is 6.05. The highest BCUT2D eigenvalue weighted by Gasteiger charge is 2.22. The van der Waals surface area contributed by atoms with Gasteiger partial charge in [-0.25, -0.2) is 4.39 Å². The molecule has 122 valence electrons. The Morgan fingerprint density at radius 1 is 1.12 bits per heavy atom. The van der Waals surface area contributed by atoms with E-state index in [9.17, 15) is 9.18 Å². The molecule has 3 aromatic rings. The van der Waals surface area contributed by atoms with Crippen LogP contribution in [0.1, 0.15) is 10.6 Å². The summed E-state index contributed by atoms with van der Waals surface area (Å²) in [5.74, 6) is 0.262. The van der Waals surface area contributed by atoms with Gasteiger partial charge in [-0.2, -0.15) is 0 Å². The topological polar surface area (TPSA) is 55.6 Å². The summed E-state index contributed by atoms with van der Waals surface area (Å²) in [5.41, 5.74) is 1.17. The zero-order valence-corrected chi connectivity index (χ0v) is 12.9. The van der Waals surface area contributed by atoms with E-state index < -0.39 is 0 Å². The molecule has 0 saturated carbocycles. The van der Waals surface area contributed by atoms with E-state index in [0.717, 1.165) is 0 Å². The minimum Gasteiger partial charge on any atom is -0.451 e. The molecular formula is C18H15FN2O3. The standard InChI is InChI=1S/C18H15FN2O3/c19-14-4-3-13(17-12(14)2-1-7-20-17)15-5-6-16(24-15)18(22)21-8-10-23-11-9-21/h1-7H,8-11H2. The van der Waals surface area contributed by atoms with Gasteiger partial charge in [0.25, 0.3) is 5.91 Å². The van der Waals surface area contributed by atoms with Crippen LogP contribution in [0.4, 0.5) is 4.39 Å². The van der Waals surface area contributed by atoms with E-state index in [1.165, 1.54) is 6.07 Å². The number of carbonyl (C=O) groups is 1. The molecule has 0 aliphatic carbocycles. The highest BCUT2D eigenvalue weighted by molar-refractivity contribution is 5.95. The average Bonchev–Trinajstić information content (AvgIpc) is 3.12. The lowest BCUT2D eigenvalue weighted by Crippen LogP contribution is -2.40. The maximum absolute atomic E-state index is 13.9. The Bertz CT molecular complexity index is 900. The van der Waals surface area contributed by atoms with E-state index in [0.29, 0.717) is 48.5 Å². The summed E-state index contributed by atoms with van der Waals surface area (Å²) >= 11 is 0. The van der Waals surface area contributed by atoms with Gasteiger partial charge in [-0.15, -0.1) is 0 Å². The highest BCUT2D eigenvalue weighted by atomic mass is 19.1. The van der Waals surface area contributed by atoms with Gasteiger partial charge < -0.3 is 14.1 Å². The van der Waals surface area contributed by atoms with Crippen molar-refractivity contribution < 1.29 is 18.3 Å². The van der Waals surface area contributed by atoms with Crippen molar-refractivity contribution in [2.75, 3.05) is 26.3 Å². The molecule has 1 aromatic carbocycles. The normalized spacial score (nSPS) is 15.0. The van der Waals surface area contributed by atoms with Crippen molar-refractivity contribution in [3.63, 3.8) is 0 Å². The van der Waals surface area contributed by atoms with Crippen LogP contribution in [0, 0.1) is 5.82 Å². The Morgan fingerprint density at radius 3 is 2.79 bits per heavy atom. The number of benzene rings is 1. The average molecular weight is 326 g/mol. The van der Waals surface area contributed by atoms with Crippen molar-refractivity contribution in [3.8, 4) is 11.3 Å². The van der Waals surface area contributed by atoms with Crippen LogP contribution in [0.25, 0.3) is 22.2 Å². The summed E-state index contributed by atoms with van der Waals surface area (Å²) in [6.07, 6.45) is 1.61. The third kappa shape index (κ3) is 2.55. The number of fused-ring (bicyclic) bond motifs is 1. The zero-order valence-electron chi connectivity index (χ0n) is 12.9. The van der Waals surface area contributed by atoms with Gasteiger partial charge in [0.1, 0.15) is 11.6 Å². The fourth-order valence-electron chi connectivity index (χ4n) is 2.86. The first-order valence-electron chi connectivity index (χ1n) is 7.74. The molecular weight excluding hydrogens is 311 g/mol. The van der Waals surface area contributed by atoms with E-state index in [1.807, 2.05) is 0 Å². The number of rotatable bonds is 2. The Hall–Kier alpha value is -2.73. The lowest BCUT2D eigenvalue weighted by atomic mass is 10.1. The number of furan rings is 1. The quantitative estimate of drug-likeness (QED) is 0.726. The number of nitrogens with zero attached hydrogens (tertiary/aromatic N) is 2. The summed E-state index contributed by atoms with van der Waals surface area (Å²) in [7, 11) is 0. The second-order valence-corrected chi connectivity index (χ2v) is 5.56. The number of hydrogen-bond donors (Lipinski definition) is 0. The fourth-order valence-corrected chi connectivity index (χ4v) is 2.86. The van der Waals surface area contributed by atoms with Crippen molar-refractivity contribution in [1.29, 1.82) is 0 Å². The van der Waals surface area contributed by atoms with Crippen LogP contribution in [0.5, 0.6) is 0 Å². The molecule has 1 aliphatic heterocycles. The molecule has 0 atom stereocenters. The van der Waals surface area contributed by atoms with Gasteiger partial charge in [0, 0.05) is 30.2 Å². The van der Waals surface area contributed by atoms with Gasteiger partial charge in [0.05, 0.1) is 18.7 Å². The molecule has 0 radical (unpaired) electrons. The Labute approximate surface area is 137 Å². The lowest BCUT2D eigenvalue weighted by Gasteiger charge is -2.25. The Morgan fingerprint density at radius 2 is 1.96 bits per heavy atom. The summed E-state index contributed by atoms with van der Waals surface area (Å²) < 4.78 is 24.9. The highest BCUT2D eigenvalue weighted by Crippen LogP contribution is 2.30.